The summed E-state index contributed by atoms with van der Waals surface area (Å²) >= 11 is 6.50. The first-order chi connectivity index (χ1) is 7.34. The monoisotopic (exact) mass is 381 g/mol. The van der Waals surface area contributed by atoms with Crippen LogP contribution in [0.5, 0.6) is 0 Å². The fraction of sp³-hybridized carbons (Fsp3) is 0.200. The number of nitrogens with zero attached hydrogens (tertiary/aromatic N) is 1. The molecule has 0 saturated heterocycles. The molecular weight excluding hydrogens is 375 g/mol. The molecule has 0 unspecified atom stereocenters. The van der Waals surface area contributed by atoms with Gasteiger partial charge in [-0.1, -0.05) is 5.56 Å². The molecule has 0 aliphatic rings. The topological polar surface area (TPSA) is 50.1 Å². The Kier molecular flexibility index (Phi) is 22.7. The first-order valence-electron chi connectivity index (χ1n) is 3.82. The molecule has 0 radical (unpaired) electrons. The predicted octanol–water partition coefficient (Wildman–Crippen LogP) is 2.60. The summed E-state index contributed by atoms with van der Waals surface area (Å²) in [5.41, 5.74) is 0.481. The van der Waals surface area contributed by atoms with Crippen LogP contribution in [-0.2, 0) is 38.4 Å². The van der Waals surface area contributed by atoms with E-state index in [9.17, 15) is 4.79 Å². The number of carbonyl (C=O) groups is 1. The maximum atomic E-state index is 11.0. The van der Waals surface area contributed by atoms with Crippen molar-refractivity contribution in [3.63, 3.8) is 0 Å². The molecule has 16 heavy (non-hydrogen) atoms. The van der Waals surface area contributed by atoms with Crippen molar-refractivity contribution in [1.29, 1.82) is 5.26 Å². The van der Waals surface area contributed by atoms with Crippen LogP contribution in [0.4, 0.5) is 0 Å². The molecule has 0 amide bonds. The normalized spacial score (nSPS) is 6.88. The van der Waals surface area contributed by atoms with Gasteiger partial charge in [-0.25, -0.2) is 0 Å². The van der Waals surface area contributed by atoms with Crippen molar-refractivity contribution < 1.29 is 43.2 Å². The summed E-state index contributed by atoms with van der Waals surface area (Å²) in [7, 11) is 0. The predicted molar refractivity (Wildman–Crippen MR) is 55.1 cm³/mol. The minimum Gasteiger partial charge on any atom is 2.00 e. The van der Waals surface area contributed by atoms with Gasteiger partial charge in [0.15, 0.2) is 0 Å². The Hall–Kier alpha value is -0.197. The fourth-order valence-corrected chi connectivity index (χ4v) is 0.729. The van der Waals surface area contributed by atoms with Gasteiger partial charge in [0.05, 0.1) is 6.61 Å². The quantitative estimate of drug-likeness (QED) is 0.448. The molecule has 1 rings (SSSR count). The molecule has 0 atom stereocenters. The molecular formula is C10H9BrCuNO2Zn. The Morgan fingerprint density at radius 1 is 1.56 bits per heavy atom. The van der Waals surface area contributed by atoms with Crippen molar-refractivity contribution in [3.8, 4) is 0 Å². The van der Waals surface area contributed by atoms with Crippen LogP contribution in [0, 0.1) is 17.9 Å². The van der Waals surface area contributed by atoms with E-state index < -0.39 is 0 Å². The smallest absolute Gasteiger partial charge is 2.00 e. The largest absolute Gasteiger partial charge is 2.00 e. The Morgan fingerprint density at radius 3 is 2.50 bits per heavy atom. The zero-order valence-corrected chi connectivity index (χ0v) is 14.2. The molecule has 0 aromatic heterocycles. The number of ether oxygens (including phenoxy) is 1. The number of benzene rings is 1. The Labute approximate surface area is 124 Å². The molecule has 0 spiro atoms. The van der Waals surface area contributed by atoms with E-state index in [4.69, 9.17) is 16.6 Å². The number of rotatable bonds is 2. The van der Waals surface area contributed by atoms with Crippen LogP contribution in [0.15, 0.2) is 24.3 Å². The molecule has 0 aliphatic carbocycles. The summed E-state index contributed by atoms with van der Waals surface area (Å²) in [6.07, 6.45) is 0. The van der Waals surface area contributed by atoms with E-state index in [1.54, 1.807) is 25.1 Å². The minimum atomic E-state index is -0.312. The summed E-state index contributed by atoms with van der Waals surface area (Å²) in [6, 6.07) is 9.73. The zero-order valence-electron chi connectivity index (χ0n) is 8.67. The van der Waals surface area contributed by atoms with E-state index in [-0.39, 0.29) is 25.4 Å². The summed E-state index contributed by atoms with van der Waals surface area (Å²) in [5, 5.41) is 6.25. The Morgan fingerprint density at radius 2 is 2.12 bits per heavy atom. The van der Waals surface area contributed by atoms with E-state index in [1.807, 2.05) is 6.07 Å². The van der Waals surface area contributed by atoms with Crippen molar-refractivity contribution in [2.45, 2.75) is 6.92 Å². The summed E-state index contributed by atoms with van der Waals surface area (Å²) in [6.45, 7) is 6.93. The number of hydrogen-bond acceptors (Lipinski definition) is 3. The number of esters is 1. The molecule has 1 aromatic rings. The number of carbonyl (C=O) groups excluding carboxylic acids is 1. The van der Waals surface area contributed by atoms with E-state index >= 15 is 0 Å². The van der Waals surface area contributed by atoms with E-state index in [0.717, 1.165) is 0 Å². The van der Waals surface area contributed by atoms with Crippen molar-refractivity contribution in [1.82, 2.24) is 0 Å². The van der Waals surface area contributed by atoms with Crippen molar-refractivity contribution in [2.75, 3.05) is 6.61 Å². The second-order valence-electron chi connectivity index (χ2n) is 2.00. The average molecular weight is 384 g/mol. The second-order valence-corrected chi connectivity index (χ2v) is 2.00. The number of hydrogen-bond donors (Lipinski definition) is 0. The zero-order chi connectivity index (χ0) is 12.1. The maximum absolute atomic E-state index is 11.0. The first-order valence-corrected chi connectivity index (χ1v) is 6.15. The van der Waals surface area contributed by atoms with E-state index in [0.29, 0.717) is 12.2 Å². The van der Waals surface area contributed by atoms with E-state index in [1.165, 1.54) is 0 Å². The van der Waals surface area contributed by atoms with Gasteiger partial charge in [-0.3, -0.25) is 0 Å². The molecule has 1 aromatic carbocycles. The van der Waals surface area contributed by atoms with E-state index in [2.05, 4.69) is 34.4 Å². The molecule has 0 fully saturated rings. The standard InChI is InChI=1S/C9H9O2.CN.BrH.Cu.Zn/c1-2-11-9(10)8-6-4-3-5-7-8;1-2;;;/h3-6H,2H2,1H3;;1H;;/q2*-1;;+1;+2/p-1. The Bertz CT molecular complexity index is 283. The Balaban J connectivity index is -0.000000305. The van der Waals surface area contributed by atoms with Crippen LogP contribution in [0.25, 0.3) is 0 Å². The third-order valence-electron chi connectivity index (χ3n) is 1.20. The number of halogens is 1. The molecule has 3 nitrogen and oxygen atoms in total. The molecule has 0 heterocycles. The molecule has 86 valence electrons. The van der Waals surface area contributed by atoms with Gasteiger partial charge in [-0.2, -0.15) is 0 Å². The molecule has 0 saturated carbocycles. The molecule has 0 aliphatic heterocycles. The summed E-state index contributed by atoms with van der Waals surface area (Å²) in [4.78, 5) is 11.0. The van der Waals surface area contributed by atoms with Crippen molar-refractivity contribution >= 4 is 20.1 Å². The second kappa shape index (κ2) is 17.2. The SMILES string of the molecule is CCOC(=O)c1[c-]cccc1.[C-]#N.[Cu][Br].[Zn+2]. The van der Waals surface area contributed by atoms with Gasteiger partial charge < -0.3 is 21.4 Å². The van der Waals surface area contributed by atoms with Crippen LogP contribution in [-0.4, -0.2) is 12.6 Å². The minimum absolute atomic E-state index is 0. The van der Waals surface area contributed by atoms with Gasteiger partial charge in [0.25, 0.3) is 0 Å². The van der Waals surface area contributed by atoms with Gasteiger partial charge in [0, 0.05) is 0 Å². The van der Waals surface area contributed by atoms with Crippen LogP contribution < -0.4 is 0 Å². The molecule has 0 N–H and O–H groups in total. The van der Waals surface area contributed by atoms with Crippen LogP contribution >= 0.6 is 14.1 Å². The van der Waals surface area contributed by atoms with Gasteiger partial charge in [-0.15, -0.1) is 30.3 Å². The first kappa shape index (κ1) is 21.1. The van der Waals surface area contributed by atoms with Crippen LogP contribution in [0.2, 0.25) is 0 Å². The van der Waals surface area contributed by atoms with Gasteiger partial charge in [0.2, 0.25) is 5.97 Å². The third kappa shape index (κ3) is 10.3. The van der Waals surface area contributed by atoms with Crippen molar-refractivity contribution in [2.24, 2.45) is 0 Å². The third-order valence-corrected chi connectivity index (χ3v) is 1.20. The van der Waals surface area contributed by atoms with Crippen molar-refractivity contribution in [3.05, 3.63) is 42.5 Å². The molecule has 0 bridgehead atoms. The molecule has 6 heteroatoms. The van der Waals surface area contributed by atoms with Crippen LogP contribution in [0.3, 0.4) is 0 Å². The fourth-order valence-electron chi connectivity index (χ4n) is 0.729. The summed E-state index contributed by atoms with van der Waals surface area (Å²) < 4.78 is 4.76. The average Bonchev–Trinajstić information content (AvgIpc) is 2.36. The van der Waals surface area contributed by atoms with Gasteiger partial charge >= 0.3 is 47.8 Å². The van der Waals surface area contributed by atoms with Gasteiger partial charge in [-0.05, 0) is 6.92 Å². The summed E-state index contributed by atoms with van der Waals surface area (Å²) in [5.74, 6) is -0.312. The maximum Gasteiger partial charge on any atom is 2.00 e. The van der Waals surface area contributed by atoms with Gasteiger partial charge in [0.1, 0.15) is 0 Å². The van der Waals surface area contributed by atoms with Crippen LogP contribution in [0.1, 0.15) is 17.3 Å².